The highest BCUT2D eigenvalue weighted by Gasteiger charge is 2.24. The van der Waals surface area contributed by atoms with E-state index in [1.165, 1.54) is 46.0 Å². The van der Waals surface area contributed by atoms with Crippen LogP contribution in [0.3, 0.4) is 0 Å². The first kappa shape index (κ1) is 28.2. The molecule has 6 rings (SSSR count). The number of benzene rings is 1. The number of ether oxygens (including phenoxy) is 1. The average Bonchev–Trinajstić information content (AvgIpc) is 3.73. The second-order valence-electron chi connectivity index (χ2n) is 9.80. The maximum atomic E-state index is 13.4. The number of anilines is 1. The lowest BCUT2D eigenvalue weighted by Gasteiger charge is -2.20. The van der Waals surface area contributed by atoms with Crippen LogP contribution in [-0.2, 0) is 13.0 Å². The van der Waals surface area contributed by atoms with Crippen molar-refractivity contribution in [3.05, 3.63) is 66.0 Å². The number of nitrogens with zero attached hydrogens (tertiary/aromatic N) is 9. The highest BCUT2D eigenvalue weighted by atomic mass is 19.3. The molecule has 0 unspecified atom stereocenters. The van der Waals surface area contributed by atoms with Gasteiger partial charge in [-0.1, -0.05) is 6.07 Å². The van der Waals surface area contributed by atoms with Crippen LogP contribution in [0.25, 0.3) is 16.9 Å². The largest absolute Gasteiger partial charge is 0.434 e. The summed E-state index contributed by atoms with van der Waals surface area (Å²) in [5.41, 5.74) is 0.679. The summed E-state index contributed by atoms with van der Waals surface area (Å²) in [5, 5.41) is 27.4. The smallest absolute Gasteiger partial charge is 0.387 e. The van der Waals surface area contributed by atoms with Crippen LogP contribution in [0.1, 0.15) is 40.6 Å². The van der Waals surface area contributed by atoms with Crippen molar-refractivity contribution in [1.82, 2.24) is 49.9 Å². The molecular formula is C26H25F4N11O2. The molecule has 1 aliphatic heterocycles. The first-order valence-electron chi connectivity index (χ1n) is 13.4. The number of fused-ring (bicyclic) bond motifs is 1. The van der Waals surface area contributed by atoms with Gasteiger partial charge in [0, 0.05) is 30.6 Å². The molecule has 17 heteroatoms. The molecule has 5 heterocycles. The summed E-state index contributed by atoms with van der Waals surface area (Å²) in [5.74, 6) is -0.585. The molecule has 1 fully saturated rings. The number of alkyl halides is 4. The molecule has 0 aliphatic carbocycles. The van der Waals surface area contributed by atoms with E-state index in [1.54, 1.807) is 17.1 Å². The molecule has 1 aliphatic rings. The van der Waals surface area contributed by atoms with Crippen molar-refractivity contribution in [2.24, 2.45) is 0 Å². The average molecular weight is 600 g/mol. The van der Waals surface area contributed by atoms with Gasteiger partial charge in [-0.3, -0.25) is 9.48 Å². The van der Waals surface area contributed by atoms with E-state index in [1.807, 2.05) is 0 Å². The third-order valence-electron chi connectivity index (χ3n) is 6.85. The van der Waals surface area contributed by atoms with Crippen molar-refractivity contribution < 1.29 is 27.1 Å². The van der Waals surface area contributed by atoms with Crippen LogP contribution < -0.4 is 15.4 Å². The lowest BCUT2D eigenvalue weighted by atomic mass is 10.0. The second-order valence-corrected chi connectivity index (χ2v) is 9.80. The van der Waals surface area contributed by atoms with Crippen molar-refractivity contribution in [3.63, 3.8) is 0 Å². The SMILES string of the molecule is O=C(Nc1cn(Cc2nnn(C3CCNCC3)n2)nc1-c1cc(CC(F)F)ccc1OC(F)F)c1cnn2cccnc12. The maximum Gasteiger partial charge on any atom is 0.387 e. The van der Waals surface area contributed by atoms with Gasteiger partial charge in [-0.25, -0.2) is 18.3 Å². The molecular weight excluding hydrogens is 574 g/mol. The molecule has 1 amide bonds. The van der Waals surface area contributed by atoms with Crippen molar-refractivity contribution in [2.75, 3.05) is 18.4 Å². The predicted octanol–water partition coefficient (Wildman–Crippen LogP) is 3.21. The van der Waals surface area contributed by atoms with Gasteiger partial charge >= 0.3 is 6.61 Å². The molecule has 2 N–H and O–H groups in total. The number of carbonyl (C=O) groups excluding carboxylic acids is 1. The Morgan fingerprint density at radius 1 is 1.16 bits per heavy atom. The van der Waals surface area contributed by atoms with Gasteiger partial charge in [-0.15, -0.1) is 10.2 Å². The van der Waals surface area contributed by atoms with E-state index in [0.29, 0.717) is 5.82 Å². The number of tetrazole rings is 1. The molecule has 1 aromatic carbocycles. The Morgan fingerprint density at radius 2 is 2.00 bits per heavy atom. The Morgan fingerprint density at radius 3 is 2.79 bits per heavy atom. The number of rotatable bonds is 10. The fourth-order valence-electron chi connectivity index (χ4n) is 4.89. The zero-order chi connectivity index (χ0) is 29.9. The van der Waals surface area contributed by atoms with Crippen molar-refractivity contribution in [1.29, 1.82) is 0 Å². The van der Waals surface area contributed by atoms with Crippen LogP contribution in [0.4, 0.5) is 23.2 Å². The van der Waals surface area contributed by atoms with Gasteiger partial charge in [0.1, 0.15) is 23.6 Å². The highest BCUT2D eigenvalue weighted by Crippen LogP contribution is 2.36. The van der Waals surface area contributed by atoms with Gasteiger partial charge in [-0.05, 0) is 54.9 Å². The minimum Gasteiger partial charge on any atom is -0.434 e. The molecule has 43 heavy (non-hydrogen) atoms. The van der Waals surface area contributed by atoms with Crippen molar-refractivity contribution >= 4 is 17.2 Å². The summed E-state index contributed by atoms with van der Waals surface area (Å²) >= 11 is 0. The molecule has 0 spiro atoms. The third-order valence-corrected chi connectivity index (χ3v) is 6.85. The summed E-state index contributed by atoms with van der Waals surface area (Å²) in [7, 11) is 0. The molecule has 0 atom stereocenters. The Balaban J connectivity index is 1.37. The van der Waals surface area contributed by atoms with Gasteiger partial charge in [-0.2, -0.15) is 23.8 Å². The maximum absolute atomic E-state index is 13.4. The van der Waals surface area contributed by atoms with Gasteiger partial charge in [0.2, 0.25) is 6.43 Å². The van der Waals surface area contributed by atoms with Crippen LogP contribution in [0.5, 0.6) is 5.75 Å². The monoisotopic (exact) mass is 599 g/mol. The van der Waals surface area contributed by atoms with Crippen LogP contribution in [0.2, 0.25) is 0 Å². The van der Waals surface area contributed by atoms with Crippen molar-refractivity contribution in [3.8, 4) is 17.0 Å². The zero-order valence-electron chi connectivity index (χ0n) is 22.4. The quantitative estimate of drug-likeness (QED) is 0.232. The summed E-state index contributed by atoms with van der Waals surface area (Å²) in [4.78, 5) is 19.1. The first-order valence-corrected chi connectivity index (χ1v) is 13.4. The molecule has 1 saturated heterocycles. The Bertz CT molecular complexity index is 1730. The normalized spacial score (nSPS) is 14.2. The Labute approximate surface area is 240 Å². The van der Waals surface area contributed by atoms with E-state index in [0.717, 1.165) is 25.9 Å². The van der Waals surface area contributed by atoms with Crippen LogP contribution in [0.15, 0.2) is 49.1 Å². The van der Waals surface area contributed by atoms with E-state index in [4.69, 9.17) is 4.74 Å². The number of piperidine rings is 1. The number of hydrogen-bond donors (Lipinski definition) is 2. The molecule has 0 radical (unpaired) electrons. The number of halogens is 4. The number of nitrogens with one attached hydrogen (secondary N) is 2. The van der Waals surface area contributed by atoms with Crippen LogP contribution >= 0.6 is 0 Å². The van der Waals surface area contributed by atoms with Gasteiger partial charge in [0.05, 0.1) is 17.9 Å². The predicted molar refractivity (Wildman–Crippen MR) is 143 cm³/mol. The molecule has 4 aromatic heterocycles. The fourth-order valence-corrected chi connectivity index (χ4v) is 4.89. The zero-order valence-corrected chi connectivity index (χ0v) is 22.4. The van der Waals surface area contributed by atoms with E-state index in [2.05, 4.69) is 41.2 Å². The lowest BCUT2D eigenvalue weighted by Crippen LogP contribution is -2.30. The standard InChI is InChI=1S/C26H25F4N11O2/c27-21(28)11-15-2-3-20(43-26(29)30)17(10-15)23-19(34-25(42)18-12-33-40-9-1-6-32-24(18)40)13-39(37-23)14-22-35-38-41(36-22)16-4-7-31-8-5-16/h1-3,6,9-10,12-13,16,21,26,31H,4-5,7-8,11,14H2,(H,34,42). The Hall–Kier alpha value is -4.93. The number of amides is 1. The van der Waals surface area contributed by atoms with Gasteiger partial charge in [0.25, 0.3) is 5.91 Å². The fraction of sp³-hybridized carbons (Fsp3) is 0.346. The molecule has 5 aromatic rings. The highest BCUT2D eigenvalue weighted by molar-refractivity contribution is 6.09. The Kier molecular flexibility index (Phi) is 7.95. The van der Waals surface area contributed by atoms with E-state index in [-0.39, 0.29) is 52.1 Å². The van der Waals surface area contributed by atoms with E-state index in [9.17, 15) is 22.4 Å². The third kappa shape index (κ3) is 6.30. The van der Waals surface area contributed by atoms with E-state index >= 15 is 0 Å². The summed E-state index contributed by atoms with van der Waals surface area (Å²) < 4.78 is 60.6. The number of hydrogen-bond acceptors (Lipinski definition) is 9. The van der Waals surface area contributed by atoms with Gasteiger partial charge < -0.3 is 15.4 Å². The molecule has 13 nitrogen and oxygen atoms in total. The minimum atomic E-state index is -3.20. The summed E-state index contributed by atoms with van der Waals surface area (Å²) in [6.45, 7) is -1.50. The number of carbonyl (C=O) groups is 1. The minimum absolute atomic E-state index is 0.00953. The molecule has 0 bridgehead atoms. The molecule has 0 saturated carbocycles. The first-order chi connectivity index (χ1) is 20.8. The lowest BCUT2D eigenvalue weighted by molar-refractivity contribution is -0.0494. The van der Waals surface area contributed by atoms with E-state index < -0.39 is 25.4 Å². The second kappa shape index (κ2) is 12.1. The van der Waals surface area contributed by atoms with Crippen LogP contribution in [0, 0.1) is 0 Å². The van der Waals surface area contributed by atoms with Gasteiger partial charge in [0.15, 0.2) is 11.5 Å². The molecule has 224 valence electrons. The van der Waals surface area contributed by atoms with Crippen LogP contribution in [-0.4, -0.2) is 76.6 Å². The topological polar surface area (TPSA) is 142 Å². The summed E-state index contributed by atoms with van der Waals surface area (Å²) in [6, 6.07) is 5.48. The summed E-state index contributed by atoms with van der Waals surface area (Å²) in [6.07, 6.45) is 4.31. The van der Waals surface area contributed by atoms with Crippen molar-refractivity contribution in [2.45, 2.75) is 44.9 Å². The number of aromatic nitrogens is 9.